The lowest BCUT2D eigenvalue weighted by atomic mass is 10.1. The van der Waals surface area contributed by atoms with Crippen LogP contribution in [-0.2, 0) is 21.4 Å². The number of hydrogen-bond acceptors (Lipinski definition) is 6. The van der Waals surface area contributed by atoms with Gasteiger partial charge < -0.3 is 10.1 Å². The summed E-state index contributed by atoms with van der Waals surface area (Å²) in [6.45, 7) is 2.61. The van der Waals surface area contributed by atoms with E-state index in [1.54, 1.807) is 24.5 Å². The van der Waals surface area contributed by atoms with Gasteiger partial charge in [-0.05, 0) is 36.8 Å². The molecule has 3 N–H and O–H groups in total. The van der Waals surface area contributed by atoms with Crippen LogP contribution in [-0.4, -0.2) is 49.0 Å². The maximum Gasteiger partial charge on any atom is 0.263 e. The van der Waals surface area contributed by atoms with Crippen molar-refractivity contribution in [3.05, 3.63) is 60.2 Å². The predicted octanol–water partition coefficient (Wildman–Crippen LogP) is 1.12. The van der Waals surface area contributed by atoms with Crippen LogP contribution < -0.4 is 15.5 Å². The number of piperazine rings is 1. The van der Waals surface area contributed by atoms with E-state index in [1.165, 1.54) is 12.1 Å². The first-order chi connectivity index (χ1) is 13.4. The molecule has 8 nitrogen and oxygen atoms in total. The number of sulfonamides is 1. The minimum Gasteiger partial charge on any atom is -0.489 e. The second kappa shape index (κ2) is 8.70. The molecule has 28 heavy (non-hydrogen) atoms. The lowest BCUT2D eigenvalue weighted by Crippen LogP contribution is -2.63. The molecule has 1 fully saturated rings. The fourth-order valence-corrected chi connectivity index (χ4v) is 4.84. The molecule has 150 valence electrons. The Bertz CT molecular complexity index is 903. The minimum atomic E-state index is -3.92. The van der Waals surface area contributed by atoms with Crippen LogP contribution in [0.15, 0.2) is 59.5 Å². The summed E-state index contributed by atoms with van der Waals surface area (Å²) in [5, 5.41) is 12.0. The van der Waals surface area contributed by atoms with E-state index in [2.05, 4.69) is 5.32 Å². The third kappa shape index (κ3) is 4.33. The second-order valence-corrected chi connectivity index (χ2v) is 8.42. The van der Waals surface area contributed by atoms with Gasteiger partial charge in [-0.15, -0.1) is 0 Å². The minimum absolute atomic E-state index is 0.0596. The summed E-state index contributed by atoms with van der Waals surface area (Å²) in [7, 11) is -3.92. The molecule has 1 amide bonds. The van der Waals surface area contributed by atoms with Crippen LogP contribution in [0.2, 0.25) is 0 Å². The lowest BCUT2D eigenvalue weighted by Gasteiger charge is -2.37. The van der Waals surface area contributed by atoms with Crippen molar-refractivity contribution in [3.8, 4) is 5.75 Å². The van der Waals surface area contributed by atoms with Crippen LogP contribution in [0.3, 0.4) is 0 Å². The average Bonchev–Trinajstić information content (AvgIpc) is 2.72. The monoisotopic (exact) mass is 405 g/mol. The number of carbonyl (C=O) groups excluding carboxylic acids is 1. The van der Waals surface area contributed by atoms with Gasteiger partial charge in [-0.25, -0.2) is 13.9 Å². The van der Waals surface area contributed by atoms with E-state index in [1.807, 2.05) is 30.3 Å². The first-order valence-corrected chi connectivity index (χ1v) is 10.3. The summed E-state index contributed by atoms with van der Waals surface area (Å²) < 4.78 is 32.9. The molecule has 0 radical (unpaired) electrons. The molecule has 1 heterocycles. The van der Waals surface area contributed by atoms with E-state index in [4.69, 9.17) is 9.94 Å². The summed E-state index contributed by atoms with van der Waals surface area (Å²) in [5.74, 6) is -0.229. The van der Waals surface area contributed by atoms with E-state index in [9.17, 15) is 13.2 Å². The molecule has 2 aromatic carbocycles. The Hall–Kier alpha value is -2.46. The maximum atomic E-state index is 13.0. The molecule has 0 aliphatic carbocycles. The maximum absolute atomic E-state index is 13.0. The number of hydrogen-bond donors (Lipinski definition) is 3. The highest BCUT2D eigenvalue weighted by molar-refractivity contribution is 7.89. The van der Waals surface area contributed by atoms with Gasteiger partial charge >= 0.3 is 0 Å². The molecule has 2 atom stereocenters. The van der Waals surface area contributed by atoms with Crippen LogP contribution in [0.25, 0.3) is 0 Å². The Morgan fingerprint density at radius 2 is 1.89 bits per heavy atom. The molecular weight excluding hydrogens is 382 g/mol. The summed E-state index contributed by atoms with van der Waals surface area (Å²) >= 11 is 0. The standard InChI is InChI=1S/C19H23N3O5S/c1-14-18(19(23)21-24)22(12-11-20-14)28(25,26)17-9-7-16(8-10-17)27-13-15-5-3-2-4-6-15/h2-10,14,18,20,24H,11-13H2,1H3,(H,21,23)/t14-,18+/m0/s1. The summed E-state index contributed by atoms with van der Waals surface area (Å²) in [4.78, 5) is 12.1. The number of carbonyl (C=O) groups is 1. The average molecular weight is 405 g/mol. The smallest absolute Gasteiger partial charge is 0.263 e. The van der Waals surface area contributed by atoms with Gasteiger partial charge in [0, 0.05) is 19.1 Å². The van der Waals surface area contributed by atoms with Crippen molar-refractivity contribution < 1.29 is 23.2 Å². The summed E-state index contributed by atoms with van der Waals surface area (Å²) in [6, 6.07) is 14.2. The number of nitrogens with zero attached hydrogens (tertiary/aromatic N) is 1. The lowest BCUT2D eigenvalue weighted by molar-refractivity contribution is -0.134. The van der Waals surface area contributed by atoms with E-state index < -0.39 is 28.0 Å². The Morgan fingerprint density at radius 3 is 2.54 bits per heavy atom. The van der Waals surface area contributed by atoms with E-state index in [0.29, 0.717) is 18.9 Å². The number of ether oxygens (including phenoxy) is 1. The van der Waals surface area contributed by atoms with Gasteiger partial charge in [-0.2, -0.15) is 4.31 Å². The molecule has 1 saturated heterocycles. The zero-order valence-electron chi connectivity index (χ0n) is 15.4. The highest BCUT2D eigenvalue weighted by atomic mass is 32.2. The van der Waals surface area contributed by atoms with Crippen molar-refractivity contribution in [1.29, 1.82) is 0 Å². The second-order valence-electron chi connectivity index (χ2n) is 6.53. The fourth-order valence-electron chi connectivity index (χ4n) is 3.18. The van der Waals surface area contributed by atoms with Crippen LogP contribution in [0, 0.1) is 0 Å². The number of amides is 1. The fraction of sp³-hybridized carbons (Fsp3) is 0.316. The molecule has 1 aliphatic heterocycles. The first kappa shape index (κ1) is 20.3. The van der Waals surface area contributed by atoms with E-state index in [-0.39, 0.29) is 11.4 Å². The highest BCUT2D eigenvalue weighted by Crippen LogP contribution is 2.24. The van der Waals surface area contributed by atoms with Crippen LogP contribution >= 0.6 is 0 Å². The number of nitrogens with one attached hydrogen (secondary N) is 2. The van der Waals surface area contributed by atoms with Crippen LogP contribution in [0.5, 0.6) is 5.75 Å². The number of rotatable bonds is 6. The van der Waals surface area contributed by atoms with Crippen LogP contribution in [0.1, 0.15) is 12.5 Å². The SMILES string of the molecule is C[C@@H]1NCCN(S(=O)(=O)c2ccc(OCc3ccccc3)cc2)[C@H]1C(=O)NO. The van der Waals surface area contributed by atoms with Gasteiger partial charge in [-0.3, -0.25) is 10.0 Å². The summed E-state index contributed by atoms with van der Waals surface area (Å²) in [6.07, 6.45) is 0. The molecule has 0 aromatic heterocycles. The van der Waals surface area contributed by atoms with Crippen molar-refractivity contribution >= 4 is 15.9 Å². The first-order valence-electron chi connectivity index (χ1n) is 8.89. The topological polar surface area (TPSA) is 108 Å². The van der Waals surface area contributed by atoms with E-state index in [0.717, 1.165) is 9.87 Å². The summed E-state index contributed by atoms with van der Waals surface area (Å²) in [5.41, 5.74) is 2.56. The highest BCUT2D eigenvalue weighted by Gasteiger charge is 2.41. The van der Waals surface area contributed by atoms with Crippen molar-refractivity contribution in [3.63, 3.8) is 0 Å². The van der Waals surface area contributed by atoms with E-state index >= 15 is 0 Å². The van der Waals surface area contributed by atoms with Gasteiger partial charge in [0.25, 0.3) is 5.91 Å². The largest absolute Gasteiger partial charge is 0.489 e. The number of hydroxylamine groups is 1. The van der Waals surface area contributed by atoms with Gasteiger partial charge in [0.2, 0.25) is 10.0 Å². The Kier molecular flexibility index (Phi) is 6.30. The molecule has 9 heteroatoms. The van der Waals surface area contributed by atoms with Crippen LogP contribution in [0.4, 0.5) is 0 Å². The third-order valence-electron chi connectivity index (χ3n) is 4.64. The van der Waals surface area contributed by atoms with Gasteiger partial charge in [0.1, 0.15) is 18.4 Å². The Balaban J connectivity index is 1.76. The van der Waals surface area contributed by atoms with Gasteiger partial charge in [0.05, 0.1) is 4.90 Å². The predicted molar refractivity (Wildman–Crippen MR) is 102 cm³/mol. The quantitative estimate of drug-likeness (QED) is 0.491. The molecule has 0 saturated carbocycles. The number of benzene rings is 2. The third-order valence-corrected chi connectivity index (χ3v) is 6.53. The van der Waals surface area contributed by atoms with Crippen molar-refractivity contribution in [1.82, 2.24) is 15.1 Å². The zero-order chi connectivity index (χ0) is 20.1. The molecule has 0 bridgehead atoms. The Labute approximate surface area is 164 Å². The van der Waals surface area contributed by atoms with Crippen molar-refractivity contribution in [2.75, 3.05) is 13.1 Å². The Morgan fingerprint density at radius 1 is 1.21 bits per heavy atom. The van der Waals surface area contributed by atoms with Crippen molar-refractivity contribution in [2.45, 2.75) is 30.5 Å². The molecule has 3 rings (SSSR count). The van der Waals surface area contributed by atoms with Crippen molar-refractivity contribution in [2.24, 2.45) is 0 Å². The van der Waals surface area contributed by atoms with Gasteiger partial charge in [0.15, 0.2) is 0 Å². The molecule has 1 aliphatic rings. The normalized spacial score (nSPS) is 20.5. The molecule has 0 unspecified atom stereocenters. The molecule has 0 spiro atoms. The van der Waals surface area contributed by atoms with Gasteiger partial charge in [-0.1, -0.05) is 30.3 Å². The molecule has 2 aromatic rings. The molecular formula is C19H23N3O5S. The zero-order valence-corrected chi connectivity index (χ0v) is 16.2.